The highest BCUT2D eigenvalue weighted by Gasteiger charge is 2.13. The predicted octanol–water partition coefficient (Wildman–Crippen LogP) is 2.76. The van der Waals surface area contributed by atoms with Crippen LogP contribution in [0.5, 0.6) is 0 Å². The van der Waals surface area contributed by atoms with Gasteiger partial charge in [0.25, 0.3) is 0 Å². The molecule has 0 saturated heterocycles. The fourth-order valence-electron chi connectivity index (χ4n) is 1.42. The summed E-state index contributed by atoms with van der Waals surface area (Å²) < 4.78 is 5.36. The minimum atomic E-state index is -0.247. The molecule has 2 amide bonds. The first-order valence-electron chi connectivity index (χ1n) is 5.35. The van der Waals surface area contributed by atoms with Gasteiger partial charge in [0, 0.05) is 11.4 Å². The van der Waals surface area contributed by atoms with E-state index in [4.69, 9.17) is 4.74 Å². The largest absolute Gasteiger partial charge is 0.495 e. The number of anilines is 1. The van der Waals surface area contributed by atoms with E-state index in [2.05, 4.69) is 10.6 Å². The molecule has 4 nitrogen and oxygen atoms in total. The molecule has 2 rings (SSSR count). The van der Waals surface area contributed by atoms with Crippen molar-refractivity contribution in [2.75, 3.05) is 17.7 Å². The average molecular weight is 250 g/mol. The molecule has 0 radical (unpaired) electrons. The standard InChI is InChI=1S/C12H14N2O2S/c1-9-11(17-8-7-16-9)14-12(15)13-10-5-3-2-4-6-10/h2-6H,7-8H2,1H3,(H2,13,14,15). The van der Waals surface area contributed by atoms with E-state index in [1.165, 1.54) is 0 Å². The lowest BCUT2D eigenvalue weighted by molar-refractivity contribution is 0.225. The summed E-state index contributed by atoms with van der Waals surface area (Å²) >= 11 is 1.59. The van der Waals surface area contributed by atoms with Gasteiger partial charge in [-0.05, 0) is 19.1 Å². The van der Waals surface area contributed by atoms with E-state index in [1.54, 1.807) is 11.8 Å². The van der Waals surface area contributed by atoms with Gasteiger partial charge in [0.1, 0.15) is 10.8 Å². The third kappa shape index (κ3) is 3.42. The number of carbonyl (C=O) groups excluding carboxylic acids is 1. The predicted molar refractivity (Wildman–Crippen MR) is 69.7 cm³/mol. The Bertz CT molecular complexity index is 431. The number of urea groups is 1. The molecule has 1 aromatic rings. The second-order valence-corrected chi connectivity index (χ2v) is 4.63. The second kappa shape index (κ2) is 5.63. The Morgan fingerprint density at radius 2 is 2.06 bits per heavy atom. The van der Waals surface area contributed by atoms with Gasteiger partial charge in [0.05, 0.1) is 6.61 Å². The Balaban J connectivity index is 1.94. The molecule has 0 aromatic heterocycles. The molecule has 17 heavy (non-hydrogen) atoms. The van der Waals surface area contributed by atoms with Gasteiger partial charge in [-0.3, -0.25) is 5.32 Å². The second-order valence-electron chi connectivity index (χ2n) is 3.53. The normalized spacial score (nSPS) is 15.1. The molecule has 90 valence electrons. The molecule has 5 heteroatoms. The smallest absolute Gasteiger partial charge is 0.324 e. The van der Waals surface area contributed by atoms with Gasteiger partial charge in [-0.2, -0.15) is 0 Å². The molecule has 0 fully saturated rings. The van der Waals surface area contributed by atoms with Crippen LogP contribution in [0.1, 0.15) is 6.92 Å². The van der Waals surface area contributed by atoms with Crippen molar-refractivity contribution in [3.8, 4) is 0 Å². The third-order valence-corrected chi connectivity index (χ3v) is 3.28. The first-order chi connectivity index (χ1) is 8.25. The summed E-state index contributed by atoms with van der Waals surface area (Å²) in [5.74, 6) is 1.63. The van der Waals surface area contributed by atoms with E-state index in [0.29, 0.717) is 6.61 Å². The van der Waals surface area contributed by atoms with Crippen molar-refractivity contribution in [1.82, 2.24) is 5.32 Å². The maximum absolute atomic E-state index is 11.7. The zero-order valence-corrected chi connectivity index (χ0v) is 10.3. The molecule has 0 unspecified atom stereocenters. The van der Waals surface area contributed by atoms with E-state index < -0.39 is 0 Å². The Morgan fingerprint density at radius 3 is 2.76 bits per heavy atom. The van der Waals surface area contributed by atoms with Crippen molar-refractivity contribution >= 4 is 23.5 Å². The Kier molecular flexibility index (Phi) is 3.93. The summed E-state index contributed by atoms with van der Waals surface area (Å²) in [5, 5.41) is 6.32. The number of carbonyl (C=O) groups is 1. The lowest BCUT2D eigenvalue weighted by Gasteiger charge is -2.18. The van der Waals surface area contributed by atoms with E-state index in [1.807, 2.05) is 37.3 Å². The van der Waals surface area contributed by atoms with Crippen LogP contribution in [0.4, 0.5) is 10.5 Å². The van der Waals surface area contributed by atoms with Gasteiger partial charge in [0.2, 0.25) is 0 Å². The maximum Gasteiger partial charge on any atom is 0.324 e. The van der Waals surface area contributed by atoms with Crippen LogP contribution in [-0.2, 0) is 4.74 Å². The molecule has 0 aliphatic carbocycles. The van der Waals surface area contributed by atoms with Crippen LogP contribution in [0.15, 0.2) is 41.1 Å². The zero-order valence-electron chi connectivity index (χ0n) is 9.53. The molecule has 0 atom stereocenters. The van der Waals surface area contributed by atoms with Crippen molar-refractivity contribution in [2.24, 2.45) is 0 Å². The molecule has 0 saturated carbocycles. The molecular formula is C12H14N2O2S. The molecule has 1 heterocycles. The van der Waals surface area contributed by atoms with E-state index in [9.17, 15) is 4.79 Å². The fourth-order valence-corrected chi connectivity index (χ4v) is 2.21. The van der Waals surface area contributed by atoms with Gasteiger partial charge < -0.3 is 10.1 Å². The van der Waals surface area contributed by atoms with Crippen LogP contribution >= 0.6 is 11.8 Å². The molecule has 2 N–H and O–H groups in total. The minimum absolute atomic E-state index is 0.247. The first kappa shape index (κ1) is 11.9. The van der Waals surface area contributed by atoms with Crippen molar-refractivity contribution < 1.29 is 9.53 Å². The lowest BCUT2D eigenvalue weighted by Crippen LogP contribution is -2.29. The molecule has 1 aliphatic rings. The first-order valence-corrected chi connectivity index (χ1v) is 6.34. The summed E-state index contributed by atoms with van der Waals surface area (Å²) in [6.07, 6.45) is 0. The van der Waals surface area contributed by atoms with Crippen LogP contribution in [0.2, 0.25) is 0 Å². The Hall–Kier alpha value is -1.62. The Labute approximate surface area is 104 Å². The van der Waals surface area contributed by atoms with Crippen LogP contribution < -0.4 is 10.6 Å². The van der Waals surface area contributed by atoms with Crippen molar-refractivity contribution in [3.05, 3.63) is 41.1 Å². The molecule has 1 aromatic carbocycles. The van der Waals surface area contributed by atoms with Crippen LogP contribution in [0, 0.1) is 0 Å². The number of rotatable bonds is 2. The van der Waals surface area contributed by atoms with Gasteiger partial charge in [-0.15, -0.1) is 11.8 Å². The molecule has 0 bridgehead atoms. The van der Waals surface area contributed by atoms with E-state index in [-0.39, 0.29) is 6.03 Å². The summed E-state index contributed by atoms with van der Waals surface area (Å²) in [7, 11) is 0. The Morgan fingerprint density at radius 1 is 1.29 bits per heavy atom. The van der Waals surface area contributed by atoms with Gasteiger partial charge in [-0.25, -0.2) is 4.79 Å². The highest BCUT2D eigenvalue weighted by atomic mass is 32.2. The van der Waals surface area contributed by atoms with Crippen molar-refractivity contribution in [2.45, 2.75) is 6.92 Å². The number of thioether (sulfide) groups is 1. The van der Waals surface area contributed by atoms with E-state index >= 15 is 0 Å². The zero-order chi connectivity index (χ0) is 12.1. The molecule has 1 aliphatic heterocycles. The van der Waals surface area contributed by atoms with Gasteiger partial charge >= 0.3 is 6.03 Å². The fraction of sp³-hybridized carbons (Fsp3) is 0.250. The van der Waals surface area contributed by atoms with Gasteiger partial charge in [-0.1, -0.05) is 18.2 Å². The van der Waals surface area contributed by atoms with Crippen LogP contribution in [-0.4, -0.2) is 18.4 Å². The average Bonchev–Trinajstić information content (AvgIpc) is 2.33. The number of hydrogen-bond acceptors (Lipinski definition) is 3. The van der Waals surface area contributed by atoms with Crippen molar-refractivity contribution in [1.29, 1.82) is 0 Å². The van der Waals surface area contributed by atoms with Crippen molar-refractivity contribution in [3.63, 3.8) is 0 Å². The monoisotopic (exact) mass is 250 g/mol. The van der Waals surface area contributed by atoms with E-state index in [0.717, 1.165) is 22.2 Å². The summed E-state index contributed by atoms with van der Waals surface area (Å²) in [6.45, 7) is 2.55. The SMILES string of the molecule is CC1=C(NC(=O)Nc2ccccc2)SCCO1. The number of nitrogens with one attached hydrogen (secondary N) is 2. The quantitative estimate of drug-likeness (QED) is 0.848. The summed E-state index contributed by atoms with van der Waals surface area (Å²) in [5.41, 5.74) is 0.769. The van der Waals surface area contributed by atoms with Gasteiger partial charge in [0.15, 0.2) is 0 Å². The summed E-state index contributed by atoms with van der Waals surface area (Å²) in [6, 6.07) is 9.08. The number of para-hydroxylation sites is 1. The minimum Gasteiger partial charge on any atom is -0.495 e. The number of benzene rings is 1. The summed E-state index contributed by atoms with van der Waals surface area (Å²) in [4.78, 5) is 11.7. The molecular weight excluding hydrogens is 236 g/mol. The number of allylic oxidation sites excluding steroid dienone is 1. The number of ether oxygens (including phenoxy) is 1. The number of hydrogen-bond donors (Lipinski definition) is 2. The maximum atomic E-state index is 11.7. The lowest BCUT2D eigenvalue weighted by atomic mass is 10.3. The highest BCUT2D eigenvalue weighted by molar-refractivity contribution is 8.03. The third-order valence-electron chi connectivity index (χ3n) is 2.23. The van der Waals surface area contributed by atoms with Crippen LogP contribution in [0.25, 0.3) is 0 Å². The van der Waals surface area contributed by atoms with Crippen LogP contribution in [0.3, 0.4) is 0 Å². The highest BCUT2D eigenvalue weighted by Crippen LogP contribution is 2.22. The topological polar surface area (TPSA) is 50.4 Å². The number of amides is 2. The molecule has 0 spiro atoms.